The minimum absolute atomic E-state index is 0.161. The van der Waals surface area contributed by atoms with Crippen molar-refractivity contribution < 1.29 is 9.59 Å². The van der Waals surface area contributed by atoms with E-state index in [0.29, 0.717) is 28.8 Å². The number of carbonyl (C=O) groups excluding carboxylic acids is 2. The van der Waals surface area contributed by atoms with E-state index in [1.54, 1.807) is 35.8 Å². The van der Waals surface area contributed by atoms with Crippen molar-refractivity contribution in [2.45, 2.75) is 12.5 Å². The van der Waals surface area contributed by atoms with Crippen LogP contribution >= 0.6 is 27.5 Å². The number of nitrogens with one attached hydrogen (secondary N) is 1. The van der Waals surface area contributed by atoms with Crippen LogP contribution < -0.4 is 10.2 Å². The van der Waals surface area contributed by atoms with Gasteiger partial charge in [0, 0.05) is 22.6 Å². The molecule has 33 heavy (non-hydrogen) atoms. The Labute approximate surface area is 203 Å². The van der Waals surface area contributed by atoms with Crippen molar-refractivity contribution >= 4 is 45.0 Å². The second-order valence-electron chi connectivity index (χ2n) is 7.10. The SMILES string of the molecule is O=C(NCCc1ccccc1)C(c1ccccn1)N(C(=O)c1csnn1)c1ccccc1Br. The first kappa shape index (κ1) is 22.8. The van der Waals surface area contributed by atoms with E-state index < -0.39 is 11.9 Å². The fraction of sp³-hybridized carbons (Fsp3) is 0.125. The molecule has 2 amide bonds. The van der Waals surface area contributed by atoms with E-state index in [0.717, 1.165) is 17.1 Å². The van der Waals surface area contributed by atoms with Crippen molar-refractivity contribution in [2.24, 2.45) is 0 Å². The molecule has 1 atom stereocenters. The summed E-state index contributed by atoms with van der Waals surface area (Å²) in [6.07, 6.45) is 2.27. The van der Waals surface area contributed by atoms with Gasteiger partial charge >= 0.3 is 0 Å². The number of benzene rings is 2. The zero-order valence-electron chi connectivity index (χ0n) is 17.5. The summed E-state index contributed by atoms with van der Waals surface area (Å²) in [6, 6.07) is 21.4. The van der Waals surface area contributed by atoms with Crippen LogP contribution in [0.25, 0.3) is 0 Å². The maximum atomic E-state index is 13.6. The second kappa shape index (κ2) is 10.9. The highest BCUT2D eigenvalue weighted by Gasteiger charge is 2.36. The zero-order chi connectivity index (χ0) is 23.0. The van der Waals surface area contributed by atoms with Crippen molar-refractivity contribution in [3.63, 3.8) is 0 Å². The van der Waals surface area contributed by atoms with Crippen molar-refractivity contribution in [3.8, 4) is 0 Å². The molecule has 0 aliphatic rings. The number of rotatable bonds is 8. The van der Waals surface area contributed by atoms with Gasteiger partial charge in [-0.05, 0) is 63.7 Å². The molecule has 0 saturated heterocycles. The van der Waals surface area contributed by atoms with Crippen LogP contribution in [-0.2, 0) is 11.2 Å². The molecule has 166 valence electrons. The van der Waals surface area contributed by atoms with Gasteiger partial charge in [-0.3, -0.25) is 19.5 Å². The van der Waals surface area contributed by atoms with Crippen LogP contribution in [0.3, 0.4) is 0 Å². The molecule has 0 fully saturated rings. The van der Waals surface area contributed by atoms with Gasteiger partial charge in [-0.1, -0.05) is 53.0 Å². The molecule has 7 nitrogen and oxygen atoms in total. The average Bonchev–Trinajstić information content (AvgIpc) is 3.39. The lowest BCUT2D eigenvalue weighted by Gasteiger charge is -2.31. The number of amides is 2. The quantitative estimate of drug-likeness (QED) is 0.370. The lowest BCUT2D eigenvalue weighted by Crippen LogP contribution is -2.45. The van der Waals surface area contributed by atoms with E-state index in [1.165, 1.54) is 4.90 Å². The Morgan fingerprint density at radius 1 is 1.00 bits per heavy atom. The van der Waals surface area contributed by atoms with E-state index in [2.05, 4.69) is 35.8 Å². The molecule has 4 aromatic rings. The molecule has 0 aliphatic heterocycles. The van der Waals surface area contributed by atoms with Gasteiger partial charge in [0.2, 0.25) is 5.91 Å². The van der Waals surface area contributed by atoms with Gasteiger partial charge in [-0.2, -0.15) is 0 Å². The third-order valence-electron chi connectivity index (χ3n) is 4.94. The number of hydrogen-bond acceptors (Lipinski definition) is 6. The number of pyridine rings is 1. The fourth-order valence-corrected chi connectivity index (χ4v) is 4.29. The first-order valence-electron chi connectivity index (χ1n) is 10.2. The smallest absolute Gasteiger partial charge is 0.280 e. The topological polar surface area (TPSA) is 88.1 Å². The Kier molecular flexibility index (Phi) is 7.54. The monoisotopic (exact) mass is 521 g/mol. The van der Waals surface area contributed by atoms with Crippen molar-refractivity contribution in [1.82, 2.24) is 19.9 Å². The van der Waals surface area contributed by atoms with Crippen LogP contribution in [0.1, 0.15) is 27.8 Å². The molecule has 2 heterocycles. The maximum absolute atomic E-state index is 13.6. The summed E-state index contributed by atoms with van der Waals surface area (Å²) >= 11 is 4.60. The molecule has 9 heteroatoms. The molecule has 0 aliphatic carbocycles. The van der Waals surface area contributed by atoms with Gasteiger partial charge in [0.25, 0.3) is 5.91 Å². The summed E-state index contributed by atoms with van der Waals surface area (Å²) in [7, 11) is 0. The highest BCUT2D eigenvalue weighted by Crippen LogP contribution is 2.34. The van der Waals surface area contributed by atoms with Gasteiger partial charge < -0.3 is 5.32 Å². The van der Waals surface area contributed by atoms with E-state index in [9.17, 15) is 9.59 Å². The van der Waals surface area contributed by atoms with E-state index in [4.69, 9.17) is 0 Å². The Morgan fingerprint density at radius 3 is 2.45 bits per heavy atom. The number of hydrogen-bond donors (Lipinski definition) is 1. The Morgan fingerprint density at radius 2 is 1.76 bits per heavy atom. The molecule has 0 saturated carbocycles. The molecule has 0 radical (unpaired) electrons. The molecule has 1 unspecified atom stereocenters. The third-order valence-corrected chi connectivity index (χ3v) is 6.12. The van der Waals surface area contributed by atoms with Crippen molar-refractivity contribution in [1.29, 1.82) is 0 Å². The fourth-order valence-electron chi connectivity index (χ4n) is 3.39. The summed E-state index contributed by atoms with van der Waals surface area (Å²) in [6.45, 7) is 0.419. The molecular formula is C24H20BrN5O2S. The van der Waals surface area contributed by atoms with Crippen molar-refractivity contribution in [2.75, 3.05) is 11.4 Å². The third kappa shape index (κ3) is 5.50. The number of para-hydroxylation sites is 1. The normalized spacial score (nSPS) is 11.5. The number of halogens is 1. The number of nitrogens with zero attached hydrogens (tertiary/aromatic N) is 4. The summed E-state index contributed by atoms with van der Waals surface area (Å²) in [5.74, 6) is -0.776. The van der Waals surface area contributed by atoms with Gasteiger partial charge in [0.1, 0.15) is 0 Å². The summed E-state index contributed by atoms with van der Waals surface area (Å²) < 4.78 is 4.48. The lowest BCUT2D eigenvalue weighted by molar-refractivity contribution is -0.122. The summed E-state index contributed by atoms with van der Waals surface area (Å²) in [5.41, 5.74) is 2.25. The molecule has 2 aromatic heterocycles. The molecule has 0 spiro atoms. The number of carbonyl (C=O) groups is 2. The standard InChI is InChI=1S/C24H20BrN5O2S/c25-18-10-4-5-12-21(18)30(24(32)20-16-33-29-28-20)22(19-11-6-7-14-26-19)23(31)27-15-13-17-8-2-1-3-9-17/h1-12,14,16,22H,13,15H2,(H,27,31). The molecule has 1 N–H and O–H groups in total. The summed E-state index contributed by atoms with van der Waals surface area (Å²) in [5, 5.41) is 8.48. The molecule has 0 bridgehead atoms. The summed E-state index contributed by atoms with van der Waals surface area (Å²) in [4.78, 5) is 32.9. The van der Waals surface area contributed by atoms with E-state index in [-0.39, 0.29) is 11.6 Å². The largest absolute Gasteiger partial charge is 0.354 e. The van der Waals surface area contributed by atoms with Gasteiger partial charge in [0.05, 0.1) is 11.4 Å². The first-order valence-corrected chi connectivity index (χ1v) is 11.9. The average molecular weight is 522 g/mol. The maximum Gasteiger partial charge on any atom is 0.280 e. The van der Waals surface area contributed by atoms with Crippen LogP contribution in [0.5, 0.6) is 0 Å². The second-order valence-corrected chi connectivity index (χ2v) is 8.56. The van der Waals surface area contributed by atoms with Gasteiger partial charge in [-0.25, -0.2) is 0 Å². The van der Waals surface area contributed by atoms with E-state index >= 15 is 0 Å². The minimum atomic E-state index is -1.00. The Balaban J connectivity index is 1.70. The zero-order valence-corrected chi connectivity index (χ0v) is 19.9. The van der Waals surface area contributed by atoms with Crippen LogP contribution in [0.4, 0.5) is 5.69 Å². The van der Waals surface area contributed by atoms with Crippen molar-refractivity contribution in [3.05, 3.63) is 106 Å². The predicted molar refractivity (Wildman–Crippen MR) is 131 cm³/mol. The van der Waals surface area contributed by atoms with Crippen LogP contribution in [0.15, 0.2) is 88.8 Å². The van der Waals surface area contributed by atoms with Gasteiger partial charge in [0.15, 0.2) is 11.7 Å². The Hall–Kier alpha value is -3.43. The Bertz CT molecular complexity index is 1210. The number of aromatic nitrogens is 3. The van der Waals surface area contributed by atoms with E-state index in [1.807, 2.05) is 48.5 Å². The minimum Gasteiger partial charge on any atom is -0.354 e. The van der Waals surface area contributed by atoms with Gasteiger partial charge in [-0.15, -0.1) is 5.10 Å². The molecule has 2 aromatic carbocycles. The molecule has 4 rings (SSSR count). The lowest BCUT2D eigenvalue weighted by atomic mass is 10.1. The number of anilines is 1. The first-order chi connectivity index (χ1) is 16.1. The highest BCUT2D eigenvalue weighted by atomic mass is 79.9. The molecular weight excluding hydrogens is 502 g/mol. The highest BCUT2D eigenvalue weighted by molar-refractivity contribution is 9.10. The van der Waals surface area contributed by atoms with Crippen LogP contribution in [0, 0.1) is 0 Å². The van der Waals surface area contributed by atoms with Crippen LogP contribution in [-0.4, -0.2) is 32.9 Å². The van der Waals surface area contributed by atoms with Crippen LogP contribution in [0.2, 0.25) is 0 Å². The predicted octanol–water partition coefficient (Wildman–Crippen LogP) is 4.44.